The van der Waals surface area contributed by atoms with Crippen molar-refractivity contribution in [3.05, 3.63) is 45.4 Å². The summed E-state index contributed by atoms with van der Waals surface area (Å²) in [5.41, 5.74) is 5.46. The molecule has 1 unspecified atom stereocenters. The van der Waals surface area contributed by atoms with Crippen molar-refractivity contribution < 1.29 is 30.0 Å². The number of allylic oxidation sites excluding steroid dienone is 1. The van der Waals surface area contributed by atoms with Crippen molar-refractivity contribution in [2.75, 3.05) is 46.2 Å². The maximum atomic E-state index is 14.2. The Balaban J connectivity index is 1.87. The van der Waals surface area contributed by atoms with Gasteiger partial charge >= 0.3 is 216 Å². The van der Waals surface area contributed by atoms with E-state index in [1.54, 1.807) is 25.1 Å². The van der Waals surface area contributed by atoms with E-state index in [4.69, 9.17) is 5.73 Å². The summed E-state index contributed by atoms with van der Waals surface area (Å²) in [7, 11) is 11.1. The third-order valence-electron chi connectivity index (χ3n) is 9.43. The van der Waals surface area contributed by atoms with Crippen LogP contribution < -0.4 is 10.6 Å². The third kappa shape index (κ3) is 5.40. The quantitative estimate of drug-likeness (QED) is 0.285. The number of phenols is 1. The van der Waals surface area contributed by atoms with E-state index < -0.39 is 40.9 Å². The predicted octanol–water partition coefficient (Wildman–Crippen LogP) is 1.95. The summed E-state index contributed by atoms with van der Waals surface area (Å²) in [5, 5.41) is 46.2. The Hall–Kier alpha value is -3.15. The minimum absolute atomic E-state index is 0.0109. The van der Waals surface area contributed by atoms with Crippen molar-refractivity contribution in [1.82, 2.24) is 9.80 Å². The van der Waals surface area contributed by atoms with Gasteiger partial charge in [-0.3, -0.25) is 0 Å². The van der Waals surface area contributed by atoms with Gasteiger partial charge in [0.05, 0.1) is 0 Å². The Morgan fingerprint density at radius 1 is 1.16 bits per heavy atom. The number of phenolic OH excluding ortho intramolecular Hbond substituents is 1. The van der Waals surface area contributed by atoms with Crippen LogP contribution in [0.15, 0.2) is 28.7 Å². The van der Waals surface area contributed by atoms with Crippen LogP contribution in [0.5, 0.6) is 5.75 Å². The number of aliphatic hydroxyl groups is 3. The molecule has 1 aromatic rings. The normalized spacial score (nSPS) is 25.7. The Morgan fingerprint density at radius 3 is 2.30 bits per heavy atom. The predicted molar refractivity (Wildman–Crippen MR) is 170 cm³/mol. The number of aromatic hydroxyl groups is 1. The van der Waals surface area contributed by atoms with Crippen molar-refractivity contribution in [2.24, 2.45) is 23.0 Å². The number of Topliss-reactive ketones (excluding diaryl/α,β-unsaturated/α-hetero) is 1. The molecule has 3 aliphatic carbocycles. The number of anilines is 1. The molecule has 4 atom stereocenters. The van der Waals surface area contributed by atoms with E-state index in [2.05, 4.69) is 40.1 Å². The minimum atomic E-state index is -2.21. The zero-order valence-electron chi connectivity index (χ0n) is 26.8. The second-order valence-corrected chi connectivity index (χ2v) is 13.9. The number of nitrogens with two attached hydrogens (primary N) is 1. The van der Waals surface area contributed by atoms with Crippen LogP contribution in [0.2, 0.25) is 0 Å². The molecule has 0 fully saturated rings. The van der Waals surface area contributed by atoms with Crippen molar-refractivity contribution in [1.29, 1.82) is 0 Å². The summed E-state index contributed by atoms with van der Waals surface area (Å²) in [5.74, 6) is -4.01. The van der Waals surface area contributed by atoms with Gasteiger partial charge < -0.3 is 0 Å². The second kappa shape index (κ2) is 11.4. The van der Waals surface area contributed by atoms with Crippen LogP contribution in [-0.2, 0) is 17.8 Å². The van der Waals surface area contributed by atoms with Crippen LogP contribution in [0, 0.1) is 17.3 Å². The molecule has 43 heavy (non-hydrogen) atoms. The molecule has 0 aliphatic heterocycles. The first kappa shape index (κ1) is 32.8. The van der Waals surface area contributed by atoms with Gasteiger partial charge in [0.25, 0.3) is 0 Å². The number of carbonyl (C=O) groups excluding carboxylic acids is 2. The molecule has 10 nitrogen and oxygen atoms in total. The average Bonchev–Trinajstić information content (AvgIpc) is 2.87. The van der Waals surface area contributed by atoms with Gasteiger partial charge in [0.2, 0.25) is 0 Å². The summed E-state index contributed by atoms with van der Waals surface area (Å²) in [6.07, 6.45) is 1.55. The molecular weight excluding hydrogens is 547 g/mol. The number of benzene rings is 1. The number of aliphatic hydroxyl groups excluding tert-OH is 2. The summed E-state index contributed by atoms with van der Waals surface area (Å²) in [6.45, 7) is 11.0. The van der Waals surface area contributed by atoms with E-state index >= 15 is 0 Å². The zero-order chi connectivity index (χ0) is 32.3. The molecule has 234 valence electrons. The van der Waals surface area contributed by atoms with Gasteiger partial charge in [-0.25, -0.2) is 0 Å². The number of rotatable bonds is 8. The molecule has 3 aliphatic rings. The fourth-order valence-corrected chi connectivity index (χ4v) is 7.30. The van der Waals surface area contributed by atoms with Crippen LogP contribution >= 0.6 is 0 Å². The molecule has 0 bridgehead atoms. The number of nitrogens with zero attached hydrogens (tertiary/aromatic N) is 3. The van der Waals surface area contributed by atoms with E-state index in [0.29, 0.717) is 18.5 Å². The van der Waals surface area contributed by atoms with E-state index in [-0.39, 0.29) is 45.5 Å². The first-order chi connectivity index (χ1) is 19.9. The Bertz CT molecular complexity index is 1430. The van der Waals surface area contributed by atoms with Crippen LogP contribution in [0.1, 0.15) is 62.0 Å². The Labute approximate surface area is 255 Å². The number of carbonyl (C=O) groups is 2. The molecule has 0 spiro atoms. The number of ketones is 1. The van der Waals surface area contributed by atoms with Gasteiger partial charge in [0, 0.05) is 0 Å². The zero-order valence-corrected chi connectivity index (χ0v) is 26.8. The van der Waals surface area contributed by atoms with Crippen LogP contribution in [0.25, 0.3) is 0 Å². The van der Waals surface area contributed by atoms with Crippen molar-refractivity contribution in [3.8, 4) is 5.75 Å². The van der Waals surface area contributed by atoms with E-state index in [1.165, 1.54) is 0 Å². The van der Waals surface area contributed by atoms with Crippen LogP contribution in [0.4, 0.5) is 5.69 Å². The molecule has 11 heteroatoms. The molecule has 0 aromatic heterocycles. The number of hydrogen-bond donors (Lipinski definition) is 5. The monoisotopic (exact) mass is 594 g/mol. The van der Waals surface area contributed by atoms with Crippen LogP contribution in [0.3, 0.4) is 0 Å². The molecule has 0 heterocycles. The molecule has 1 aromatic carbocycles. The number of primary amides is 1. The van der Waals surface area contributed by atoms with Gasteiger partial charge in [-0.1, -0.05) is 27.7 Å². The summed E-state index contributed by atoms with van der Waals surface area (Å²) < 4.78 is 0. The molecule has 0 saturated carbocycles. The second-order valence-electron chi connectivity index (χ2n) is 13.9. The molecule has 0 radical (unpaired) electrons. The summed E-state index contributed by atoms with van der Waals surface area (Å²) in [4.78, 5) is 32.5. The van der Waals surface area contributed by atoms with Gasteiger partial charge in [-0.05, 0) is 11.8 Å². The van der Waals surface area contributed by atoms with E-state index in [0.717, 1.165) is 30.8 Å². The Morgan fingerprint density at radius 2 is 1.79 bits per heavy atom. The third-order valence-corrected chi connectivity index (χ3v) is 9.43. The van der Waals surface area contributed by atoms with Crippen LogP contribution in [-0.4, -0.2) is 108 Å². The first-order valence-electron chi connectivity index (χ1n) is 14.9. The topological polar surface area (TPSA) is 151 Å². The van der Waals surface area contributed by atoms with Gasteiger partial charge in [0.15, 0.2) is 0 Å². The fourth-order valence-electron chi connectivity index (χ4n) is 7.30. The first-order valence-corrected chi connectivity index (χ1v) is 14.9. The maximum absolute atomic E-state index is 14.2. The van der Waals surface area contributed by atoms with E-state index in [9.17, 15) is 30.0 Å². The van der Waals surface area contributed by atoms with Gasteiger partial charge in [-0.2, -0.15) is 0 Å². The van der Waals surface area contributed by atoms with Gasteiger partial charge in [0.1, 0.15) is 0 Å². The summed E-state index contributed by atoms with van der Waals surface area (Å²) in [6, 6.07) is 0.768. The molecule has 4 rings (SSSR count). The Kier molecular flexibility index (Phi) is 8.69. The number of fused-ring (bicyclic) bond motifs is 3. The number of likely N-dealkylation sites (N-methyl/N-ethyl adjacent to an activating group) is 1. The van der Waals surface area contributed by atoms with Crippen molar-refractivity contribution >= 4 is 30.3 Å². The SMILES string of the molecule is B=C1C(C(N)=O)=C(O)[C@@H](N(C)C)C2C[C@@H]3Cc4c(c(O)cc(CN(CC)CCC(C)(C)C)c4N(C)C)C(=O)C3=C(O)[C@]12O. The fraction of sp³-hybridized carbons (Fsp3) is 0.594. The standard InChI is InChI=1S/C32H47BN4O6/c1-9-37(11-10-31(2,3)4)15-17-14-20(38)22-18(24(17)35(5)6)12-16-13-19-25(36(7)8)27(40)23(30(34)42)28(33)32(19,43)29(41)21(16)26(22)39/h14,16,19,25,33,38,40-41,43H,9-13,15H2,1-8H3,(H2,34,42)/t16-,19?,25-,32+/m0/s1. The average molecular weight is 595 g/mol. The molecule has 6 N–H and O–H groups in total. The molecule has 1 amide bonds. The van der Waals surface area contributed by atoms with Crippen molar-refractivity contribution in [3.63, 3.8) is 0 Å². The van der Waals surface area contributed by atoms with Gasteiger partial charge in [-0.15, -0.1) is 0 Å². The molecule has 0 saturated heterocycles. The molecular formula is C32H47BN4O6. The van der Waals surface area contributed by atoms with E-state index in [1.807, 2.05) is 19.0 Å². The number of hydrogen-bond acceptors (Lipinski definition) is 9. The van der Waals surface area contributed by atoms with Crippen molar-refractivity contribution in [2.45, 2.75) is 65.1 Å². The number of amides is 1. The summed E-state index contributed by atoms with van der Waals surface area (Å²) >= 11 is 0.